The normalized spacial score (nSPS) is 15.4. The lowest BCUT2D eigenvalue weighted by atomic mass is 10.1. The molecule has 0 aliphatic carbocycles. The summed E-state index contributed by atoms with van der Waals surface area (Å²) in [6.45, 7) is 6.85. The summed E-state index contributed by atoms with van der Waals surface area (Å²) in [7, 11) is 0. The molecule has 3 heteroatoms. The van der Waals surface area contributed by atoms with Crippen molar-refractivity contribution in [1.29, 1.82) is 0 Å². The van der Waals surface area contributed by atoms with E-state index < -0.39 is 0 Å². The molecule has 1 aliphatic heterocycles. The molecule has 1 amide bonds. The molecule has 92 valence electrons. The number of nitrogens with zero attached hydrogens (tertiary/aromatic N) is 1. The van der Waals surface area contributed by atoms with Crippen LogP contribution in [0.15, 0.2) is 24.3 Å². The van der Waals surface area contributed by atoms with Gasteiger partial charge >= 0.3 is 0 Å². The van der Waals surface area contributed by atoms with Crippen molar-refractivity contribution in [1.82, 2.24) is 10.2 Å². The van der Waals surface area contributed by atoms with Crippen LogP contribution in [0, 0.1) is 6.92 Å². The summed E-state index contributed by atoms with van der Waals surface area (Å²) in [6, 6.07) is 8.22. The molecule has 1 fully saturated rings. The summed E-state index contributed by atoms with van der Waals surface area (Å²) in [5.74, 6) is 0.165. The highest BCUT2D eigenvalue weighted by Gasteiger charge is 2.28. The molecule has 1 N–H and O–H groups in total. The van der Waals surface area contributed by atoms with Crippen LogP contribution in [0.25, 0.3) is 0 Å². The van der Waals surface area contributed by atoms with E-state index in [1.807, 2.05) is 36.1 Å². The van der Waals surface area contributed by atoms with Crippen molar-refractivity contribution in [3.63, 3.8) is 0 Å². The van der Waals surface area contributed by atoms with Crippen LogP contribution in [0.1, 0.15) is 29.3 Å². The van der Waals surface area contributed by atoms with Crippen LogP contribution < -0.4 is 5.32 Å². The lowest BCUT2D eigenvalue weighted by Gasteiger charge is -2.38. The summed E-state index contributed by atoms with van der Waals surface area (Å²) in [5, 5.41) is 3.22. The van der Waals surface area contributed by atoms with Crippen molar-refractivity contribution < 1.29 is 4.79 Å². The first-order valence-electron chi connectivity index (χ1n) is 6.30. The number of carbonyl (C=O) groups excluding carboxylic acids is 1. The third-order valence-electron chi connectivity index (χ3n) is 3.22. The van der Waals surface area contributed by atoms with Crippen LogP contribution in [0.5, 0.6) is 0 Å². The van der Waals surface area contributed by atoms with Crippen LogP contribution >= 0.6 is 0 Å². The van der Waals surface area contributed by atoms with Crippen molar-refractivity contribution in [3.05, 3.63) is 35.4 Å². The number of aryl methyl sites for hydroxylation is 1. The highest BCUT2D eigenvalue weighted by atomic mass is 16.2. The van der Waals surface area contributed by atoms with Gasteiger partial charge in [0.15, 0.2) is 0 Å². The maximum absolute atomic E-state index is 12.4. The first-order chi connectivity index (χ1) is 8.22. The van der Waals surface area contributed by atoms with Crippen LogP contribution in [-0.4, -0.2) is 36.5 Å². The third kappa shape index (κ3) is 2.67. The Morgan fingerprint density at radius 3 is 2.47 bits per heavy atom. The second-order valence-electron chi connectivity index (χ2n) is 4.68. The van der Waals surface area contributed by atoms with Gasteiger partial charge in [-0.05, 0) is 25.5 Å². The van der Waals surface area contributed by atoms with Gasteiger partial charge in [0.05, 0.1) is 6.04 Å². The Kier molecular flexibility index (Phi) is 3.79. The Morgan fingerprint density at radius 2 is 2.00 bits per heavy atom. The van der Waals surface area contributed by atoms with Gasteiger partial charge in [0, 0.05) is 25.2 Å². The molecule has 3 nitrogen and oxygen atoms in total. The Labute approximate surface area is 103 Å². The number of carbonyl (C=O) groups is 1. The van der Waals surface area contributed by atoms with Gasteiger partial charge in [-0.2, -0.15) is 0 Å². The Hall–Kier alpha value is -1.35. The van der Waals surface area contributed by atoms with E-state index in [0.717, 1.165) is 31.6 Å². The molecular weight excluding hydrogens is 212 g/mol. The van der Waals surface area contributed by atoms with Gasteiger partial charge in [-0.3, -0.25) is 4.79 Å². The van der Waals surface area contributed by atoms with E-state index in [1.165, 1.54) is 5.56 Å². The lowest BCUT2D eigenvalue weighted by molar-refractivity contribution is 0.0616. The fraction of sp³-hybridized carbons (Fsp3) is 0.500. The van der Waals surface area contributed by atoms with E-state index in [9.17, 15) is 4.79 Å². The smallest absolute Gasteiger partial charge is 0.254 e. The van der Waals surface area contributed by atoms with Crippen molar-refractivity contribution in [2.24, 2.45) is 0 Å². The summed E-state index contributed by atoms with van der Waals surface area (Å²) in [6.07, 6.45) is 1.01. The zero-order valence-corrected chi connectivity index (χ0v) is 10.6. The summed E-state index contributed by atoms with van der Waals surface area (Å²) >= 11 is 0. The van der Waals surface area contributed by atoms with Gasteiger partial charge in [-0.1, -0.05) is 24.6 Å². The molecule has 0 atom stereocenters. The predicted molar refractivity (Wildman–Crippen MR) is 69.2 cm³/mol. The fourth-order valence-corrected chi connectivity index (χ4v) is 2.05. The van der Waals surface area contributed by atoms with Crippen molar-refractivity contribution >= 4 is 5.91 Å². The Balaban J connectivity index is 2.12. The molecule has 0 unspecified atom stereocenters. The standard InChI is InChI=1S/C14H20N2O/c1-3-8-16(13-9-15-10-13)14(17)12-6-4-11(2)5-7-12/h4-7,13,15H,3,8-10H2,1-2H3. The SMILES string of the molecule is CCCN(C(=O)c1ccc(C)cc1)C1CNC1. The maximum Gasteiger partial charge on any atom is 0.254 e. The molecule has 1 aliphatic rings. The molecule has 0 saturated carbocycles. The molecular formula is C14H20N2O. The number of amides is 1. The Morgan fingerprint density at radius 1 is 1.35 bits per heavy atom. The van der Waals surface area contributed by atoms with E-state index in [-0.39, 0.29) is 5.91 Å². The van der Waals surface area contributed by atoms with Crippen molar-refractivity contribution in [2.75, 3.05) is 19.6 Å². The molecule has 2 rings (SSSR count). The van der Waals surface area contributed by atoms with Gasteiger partial charge in [0.2, 0.25) is 0 Å². The van der Waals surface area contributed by atoms with E-state index in [0.29, 0.717) is 6.04 Å². The number of hydrogen-bond acceptors (Lipinski definition) is 2. The molecule has 1 heterocycles. The van der Waals surface area contributed by atoms with Gasteiger partial charge in [0.25, 0.3) is 5.91 Å². The van der Waals surface area contributed by atoms with Crippen molar-refractivity contribution in [2.45, 2.75) is 26.3 Å². The number of nitrogens with one attached hydrogen (secondary N) is 1. The summed E-state index contributed by atoms with van der Waals surface area (Å²) < 4.78 is 0. The van der Waals surface area contributed by atoms with Crippen molar-refractivity contribution in [3.8, 4) is 0 Å². The lowest BCUT2D eigenvalue weighted by Crippen LogP contribution is -2.59. The fourth-order valence-electron chi connectivity index (χ4n) is 2.05. The second kappa shape index (κ2) is 5.32. The topological polar surface area (TPSA) is 32.3 Å². The largest absolute Gasteiger partial charge is 0.333 e. The minimum absolute atomic E-state index is 0.165. The molecule has 0 bridgehead atoms. The van der Waals surface area contributed by atoms with E-state index >= 15 is 0 Å². The number of benzene rings is 1. The van der Waals surface area contributed by atoms with Crippen LogP contribution in [0.3, 0.4) is 0 Å². The monoisotopic (exact) mass is 232 g/mol. The molecule has 1 saturated heterocycles. The van der Waals surface area contributed by atoms with E-state index in [1.54, 1.807) is 0 Å². The summed E-state index contributed by atoms with van der Waals surface area (Å²) in [5.41, 5.74) is 1.99. The molecule has 1 aromatic rings. The van der Waals surface area contributed by atoms with Gasteiger partial charge < -0.3 is 10.2 Å². The van der Waals surface area contributed by atoms with Crippen LogP contribution in [-0.2, 0) is 0 Å². The van der Waals surface area contributed by atoms with Crippen LogP contribution in [0.4, 0.5) is 0 Å². The average Bonchev–Trinajstić information content (AvgIpc) is 2.26. The highest BCUT2D eigenvalue weighted by Crippen LogP contribution is 2.13. The maximum atomic E-state index is 12.4. The minimum Gasteiger partial charge on any atom is -0.333 e. The highest BCUT2D eigenvalue weighted by molar-refractivity contribution is 5.94. The zero-order chi connectivity index (χ0) is 12.3. The van der Waals surface area contributed by atoms with Gasteiger partial charge in [-0.25, -0.2) is 0 Å². The second-order valence-corrected chi connectivity index (χ2v) is 4.68. The van der Waals surface area contributed by atoms with Gasteiger partial charge in [0.1, 0.15) is 0 Å². The molecule has 0 spiro atoms. The molecule has 17 heavy (non-hydrogen) atoms. The number of hydrogen-bond donors (Lipinski definition) is 1. The third-order valence-corrected chi connectivity index (χ3v) is 3.22. The first-order valence-corrected chi connectivity index (χ1v) is 6.30. The minimum atomic E-state index is 0.165. The van der Waals surface area contributed by atoms with E-state index in [4.69, 9.17) is 0 Å². The van der Waals surface area contributed by atoms with Gasteiger partial charge in [-0.15, -0.1) is 0 Å². The zero-order valence-electron chi connectivity index (χ0n) is 10.6. The average molecular weight is 232 g/mol. The number of rotatable bonds is 4. The first kappa shape index (κ1) is 12.1. The molecule has 0 aromatic heterocycles. The van der Waals surface area contributed by atoms with E-state index in [2.05, 4.69) is 12.2 Å². The summed E-state index contributed by atoms with van der Waals surface area (Å²) in [4.78, 5) is 14.4. The molecule has 1 aromatic carbocycles. The molecule has 0 radical (unpaired) electrons. The van der Waals surface area contributed by atoms with Crippen LogP contribution in [0.2, 0.25) is 0 Å². The quantitative estimate of drug-likeness (QED) is 0.859. The predicted octanol–water partition coefficient (Wildman–Crippen LogP) is 1.82. The Bertz CT molecular complexity index is 382.